The predicted molar refractivity (Wildman–Crippen MR) is 76.2 cm³/mol. The van der Waals surface area contributed by atoms with Crippen molar-refractivity contribution in [3.63, 3.8) is 0 Å². The molecule has 0 heterocycles. The zero-order chi connectivity index (χ0) is 10.7. The Morgan fingerprint density at radius 3 is 2.27 bits per heavy atom. The molecule has 0 nitrogen and oxygen atoms in total. The summed E-state index contributed by atoms with van der Waals surface area (Å²) in [5.41, 5.74) is 0.673. The summed E-state index contributed by atoms with van der Waals surface area (Å²) in [5, 5.41) is -0.291. The van der Waals surface area contributed by atoms with Crippen molar-refractivity contribution in [3.8, 4) is 0 Å². The van der Waals surface area contributed by atoms with Gasteiger partial charge in [-0.15, -0.1) is 12.2 Å². The zero-order valence-electron chi connectivity index (χ0n) is 8.80. The molecule has 0 N–H and O–H groups in total. The van der Waals surface area contributed by atoms with Crippen LogP contribution in [0.2, 0.25) is 0 Å². The van der Waals surface area contributed by atoms with E-state index in [0.717, 1.165) is 0 Å². The minimum Gasteiger partial charge on any atom is -0.137 e. The first kappa shape index (κ1) is 11.7. The maximum absolute atomic E-state index is 5.81. The summed E-state index contributed by atoms with van der Waals surface area (Å²) >= 11 is 10.7. The number of thiol groups is 1. The highest BCUT2D eigenvalue weighted by atomic mass is 32.9. The molecular formula is C12H17PS2. The van der Waals surface area contributed by atoms with E-state index in [1.165, 1.54) is 37.4 Å². The maximum Gasteiger partial charge on any atom is 0.0338 e. The van der Waals surface area contributed by atoms with Crippen LogP contribution < -0.4 is 5.30 Å². The van der Waals surface area contributed by atoms with Gasteiger partial charge in [0.2, 0.25) is 0 Å². The van der Waals surface area contributed by atoms with Crippen molar-refractivity contribution < 1.29 is 0 Å². The quantitative estimate of drug-likeness (QED) is 0.617. The second-order valence-corrected chi connectivity index (χ2v) is 11.2. The first-order valence-corrected chi connectivity index (χ1v) is 9.62. The molecule has 82 valence electrons. The highest BCUT2D eigenvalue weighted by molar-refractivity contribution is 8.66. The molecule has 1 unspecified atom stereocenters. The lowest BCUT2D eigenvalue weighted by atomic mass is 10.0. The Balaban J connectivity index is 2.22. The summed E-state index contributed by atoms with van der Waals surface area (Å²) in [6.07, 6.45) is 6.65. The lowest BCUT2D eigenvalue weighted by Crippen LogP contribution is -2.17. The molecule has 0 amide bonds. The van der Waals surface area contributed by atoms with Gasteiger partial charge in [-0.05, 0) is 18.1 Å². The van der Waals surface area contributed by atoms with Crippen molar-refractivity contribution in [2.24, 2.45) is 0 Å². The summed E-state index contributed by atoms with van der Waals surface area (Å²) in [6.45, 7) is 0. The molecule has 2 rings (SSSR count). The van der Waals surface area contributed by atoms with Gasteiger partial charge in [-0.3, -0.25) is 0 Å². The Morgan fingerprint density at radius 1 is 1.07 bits per heavy atom. The van der Waals surface area contributed by atoms with Crippen LogP contribution in [0.4, 0.5) is 0 Å². The number of benzene rings is 1. The van der Waals surface area contributed by atoms with E-state index in [1.807, 2.05) is 6.07 Å². The van der Waals surface area contributed by atoms with Crippen molar-refractivity contribution in [3.05, 3.63) is 30.3 Å². The second-order valence-electron chi connectivity index (χ2n) is 4.25. The van der Waals surface area contributed by atoms with Gasteiger partial charge in [-0.25, -0.2) is 0 Å². The largest absolute Gasteiger partial charge is 0.137 e. The summed E-state index contributed by atoms with van der Waals surface area (Å²) < 4.78 is 0. The van der Waals surface area contributed by atoms with E-state index in [1.54, 1.807) is 0 Å². The Kier molecular flexibility index (Phi) is 3.93. The zero-order valence-corrected chi connectivity index (χ0v) is 11.4. The van der Waals surface area contributed by atoms with E-state index in [2.05, 4.69) is 24.3 Å². The third kappa shape index (κ3) is 2.67. The van der Waals surface area contributed by atoms with E-state index in [9.17, 15) is 0 Å². The normalized spacial score (nSPS) is 22.2. The van der Waals surface area contributed by atoms with Gasteiger partial charge in [-0.1, -0.05) is 61.4 Å². The maximum atomic E-state index is 5.81. The minimum atomic E-state index is -1.59. The molecule has 1 atom stereocenters. The highest BCUT2D eigenvalue weighted by Crippen LogP contribution is 2.58. The van der Waals surface area contributed by atoms with Gasteiger partial charge < -0.3 is 0 Å². The fourth-order valence-corrected chi connectivity index (χ4v) is 6.46. The molecule has 3 heteroatoms. The topological polar surface area (TPSA) is 0 Å². The lowest BCUT2D eigenvalue weighted by Gasteiger charge is -2.30. The molecular weight excluding hydrogens is 239 g/mol. The third-order valence-corrected chi connectivity index (χ3v) is 8.94. The van der Waals surface area contributed by atoms with Crippen LogP contribution >= 0.6 is 17.5 Å². The third-order valence-electron chi connectivity index (χ3n) is 3.20. The van der Waals surface area contributed by atoms with E-state index in [4.69, 9.17) is 24.1 Å². The van der Waals surface area contributed by atoms with E-state index in [0.29, 0.717) is 5.66 Å². The molecule has 0 radical (unpaired) electrons. The Morgan fingerprint density at radius 2 is 1.67 bits per heavy atom. The number of hydrogen-bond acceptors (Lipinski definition) is 1. The lowest BCUT2D eigenvalue weighted by molar-refractivity contribution is 0.513. The smallest absolute Gasteiger partial charge is 0.0338 e. The van der Waals surface area contributed by atoms with Crippen molar-refractivity contribution in [1.82, 2.24) is 0 Å². The first-order valence-electron chi connectivity index (χ1n) is 5.59. The van der Waals surface area contributed by atoms with Gasteiger partial charge in [0, 0.05) is 10.9 Å². The fourth-order valence-electron chi connectivity index (χ4n) is 2.28. The van der Waals surface area contributed by atoms with Crippen LogP contribution in [0.3, 0.4) is 0 Å². The van der Waals surface area contributed by atoms with Crippen LogP contribution in [0.25, 0.3) is 0 Å². The molecule has 1 fully saturated rings. The summed E-state index contributed by atoms with van der Waals surface area (Å²) in [4.78, 5) is 0. The molecule has 0 spiro atoms. The standard InChI is InChI=1S/C12H17PS2/c14-13(15,11-7-3-1-4-8-11)12-9-5-2-6-10-12/h1,3-4,7-8,12H,2,5-6,9-10H2,(H,14,15). The number of hydrogen-bond donors (Lipinski definition) is 1. The molecule has 0 saturated heterocycles. The molecule has 0 aliphatic heterocycles. The van der Waals surface area contributed by atoms with Crippen molar-refractivity contribution in [2.45, 2.75) is 37.8 Å². The molecule has 1 aliphatic carbocycles. The van der Waals surface area contributed by atoms with E-state index < -0.39 is 5.24 Å². The fraction of sp³-hybridized carbons (Fsp3) is 0.500. The molecule has 0 aromatic heterocycles. The van der Waals surface area contributed by atoms with Crippen molar-refractivity contribution >= 4 is 34.6 Å². The van der Waals surface area contributed by atoms with Crippen LogP contribution in [0.1, 0.15) is 32.1 Å². The van der Waals surface area contributed by atoms with Gasteiger partial charge in [0.05, 0.1) is 0 Å². The van der Waals surface area contributed by atoms with E-state index in [-0.39, 0.29) is 0 Å². The van der Waals surface area contributed by atoms with Crippen molar-refractivity contribution in [2.75, 3.05) is 0 Å². The van der Waals surface area contributed by atoms with Gasteiger partial charge in [0.25, 0.3) is 0 Å². The monoisotopic (exact) mass is 256 g/mol. The Hall–Kier alpha value is 0.220. The molecule has 1 aliphatic rings. The van der Waals surface area contributed by atoms with Crippen LogP contribution in [0, 0.1) is 0 Å². The first-order chi connectivity index (χ1) is 7.21. The SMILES string of the molecule is S=P(S)(c1ccccc1)C1CCCCC1. The summed E-state index contributed by atoms with van der Waals surface area (Å²) in [7, 11) is 0. The average Bonchev–Trinajstić information content (AvgIpc) is 2.31. The minimum absolute atomic E-state index is 0.673. The molecule has 1 saturated carbocycles. The van der Waals surface area contributed by atoms with Crippen LogP contribution in [-0.2, 0) is 11.8 Å². The summed E-state index contributed by atoms with van der Waals surface area (Å²) in [5.74, 6) is 0. The molecule has 1 aromatic rings. The predicted octanol–water partition coefficient (Wildman–Crippen LogP) is 3.97. The molecule has 1 aromatic carbocycles. The van der Waals surface area contributed by atoms with Crippen LogP contribution in [0.15, 0.2) is 30.3 Å². The Bertz CT molecular complexity index is 355. The average molecular weight is 256 g/mol. The number of rotatable bonds is 2. The van der Waals surface area contributed by atoms with Gasteiger partial charge in [-0.2, -0.15) is 0 Å². The Labute approximate surface area is 103 Å². The highest BCUT2D eigenvalue weighted by Gasteiger charge is 2.27. The second kappa shape index (κ2) is 5.03. The van der Waals surface area contributed by atoms with Gasteiger partial charge in [0.15, 0.2) is 0 Å². The van der Waals surface area contributed by atoms with Gasteiger partial charge in [0.1, 0.15) is 0 Å². The van der Waals surface area contributed by atoms with Gasteiger partial charge >= 0.3 is 0 Å². The van der Waals surface area contributed by atoms with E-state index >= 15 is 0 Å². The summed E-state index contributed by atoms with van der Waals surface area (Å²) in [6, 6.07) is 10.5. The molecule has 15 heavy (non-hydrogen) atoms. The van der Waals surface area contributed by atoms with Crippen molar-refractivity contribution in [1.29, 1.82) is 0 Å². The van der Waals surface area contributed by atoms with Crippen LogP contribution in [-0.4, -0.2) is 5.66 Å². The van der Waals surface area contributed by atoms with Crippen LogP contribution in [0.5, 0.6) is 0 Å². The molecule has 0 bridgehead atoms.